The van der Waals surface area contributed by atoms with Crippen LogP contribution in [0.2, 0.25) is 0 Å². The van der Waals surface area contributed by atoms with Crippen LogP contribution in [0, 0.1) is 0 Å². The molecule has 0 bridgehead atoms. The predicted octanol–water partition coefficient (Wildman–Crippen LogP) is 0.851. The largest absolute Gasteiger partial charge is 0.380 e. The quantitative estimate of drug-likeness (QED) is 0.760. The molecule has 1 saturated heterocycles. The van der Waals surface area contributed by atoms with E-state index >= 15 is 0 Å². The molecule has 0 saturated carbocycles. The second kappa shape index (κ2) is 6.55. The topological polar surface area (TPSA) is 47.7 Å². The van der Waals surface area contributed by atoms with Crippen LogP contribution in [-0.2, 0) is 9.47 Å². The minimum atomic E-state index is -0.100. The molecule has 0 amide bonds. The van der Waals surface area contributed by atoms with Crippen molar-refractivity contribution in [2.75, 3.05) is 40.0 Å². The summed E-state index contributed by atoms with van der Waals surface area (Å²) in [7, 11) is 1.76. The van der Waals surface area contributed by atoms with E-state index in [0.29, 0.717) is 12.6 Å². The monoisotopic (exact) mass is 230 g/mol. The number of hydrogen-bond donors (Lipinski definition) is 1. The Labute approximate surface area is 99.1 Å². The Bertz CT molecular complexity index is 189. The first kappa shape index (κ1) is 13.9. The highest BCUT2D eigenvalue weighted by Crippen LogP contribution is 2.19. The number of rotatable bonds is 5. The third-order valence-electron chi connectivity index (χ3n) is 3.33. The average Bonchev–Trinajstić information content (AvgIpc) is 2.54. The molecule has 1 fully saturated rings. The van der Waals surface area contributed by atoms with E-state index in [1.165, 1.54) is 0 Å². The van der Waals surface area contributed by atoms with Gasteiger partial charge >= 0.3 is 0 Å². The van der Waals surface area contributed by atoms with E-state index in [4.69, 9.17) is 15.2 Å². The summed E-state index contributed by atoms with van der Waals surface area (Å²) in [5, 5.41) is 0. The molecule has 4 heteroatoms. The third-order valence-corrected chi connectivity index (χ3v) is 3.33. The van der Waals surface area contributed by atoms with Crippen LogP contribution < -0.4 is 5.73 Å². The third kappa shape index (κ3) is 4.37. The Hall–Kier alpha value is -0.160. The van der Waals surface area contributed by atoms with E-state index in [1.54, 1.807) is 7.11 Å². The first-order valence-electron chi connectivity index (χ1n) is 6.16. The van der Waals surface area contributed by atoms with Crippen molar-refractivity contribution in [2.45, 2.75) is 38.3 Å². The lowest BCUT2D eigenvalue weighted by atomic mass is 9.97. The molecule has 96 valence electrons. The summed E-state index contributed by atoms with van der Waals surface area (Å²) in [5.41, 5.74) is 5.78. The van der Waals surface area contributed by atoms with E-state index in [-0.39, 0.29) is 5.60 Å². The molecule has 4 nitrogen and oxygen atoms in total. The Morgan fingerprint density at radius 2 is 2.12 bits per heavy atom. The highest BCUT2D eigenvalue weighted by Gasteiger charge is 2.26. The zero-order valence-corrected chi connectivity index (χ0v) is 10.9. The van der Waals surface area contributed by atoms with Gasteiger partial charge in [-0.1, -0.05) is 0 Å². The highest BCUT2D eigenvalue weighted by molar-refractivity contribution is 4.82. The van der Waals surface area contributed by atoms with Crippen molar-refractivity contribution in [3.05, 3.63) is 0 Å². The first-order chi connectivity index (χ1) is 7.59. The molecule has 1 unspecified atom stereocenters. The Morgan fingerprint density at radius 1 is 1.38 bits per heavy atom. The summed E-state index contributed by atoms with van der Waals surface area (Å²) in [5.74, 6) is 0. The normalized spacial score (nSPS) is 21.8. The lowest BCUT2D eigenvalue weighted by Gasteiger charge is -2.35. The van der Waals surface area contributed by atoms with Crippen molar-refractivity contribution in [3.8, 4) is 0 Å². The molecule has 1 aliphatic heterocycles. The van der Waals surface area contributed by atoms with Gasteiger partial charge in [-0.2, -0.15) is 0 Å². The molecule has 1 aliphatic rings. The molecule has 0 aliphatic carbocycles. The second-order valence-electron chi connectivity index (χ2n) is 5.06. The van der Waals surface area contributed by atoms with Crippen molar-refractivity contribution in [2.24, 2.45) is 5.73 Å². The number of nitrogens with two attached hydrogens (primary N) is 1. The van der Waals surface area contributed by atoms with Crippen molar-refractivity contribution in [1.29, 1.82) is 0 Å². The van der Waals surface area contributed by atoms with Gasteiger partial charge in [-0.15, -0.1) is 0 Å². The van der Waals surface area contributed by atoms with Crippen molar-refractivity contribution in [3.63, 3.8) is 0 Å². The fourth-order valence-corrected chi connectivity index (χ4v) is 2.14. The maximum Gasteiger partial charge on any atom is 0.0638 e. The van der Waals surface area contributed by atoms with Crippen LogP contribution in [0.3, 0.4) is 0 Å². The minimum absolute atomic E-state index is 0.100. The van der Waals surface area contributed by atoms with Gasteiger partial charge in [0.15, 0.2) is 0 Å². The standard InChI is InChI=1S/C12H26N2O2/c1-12(2,15-3)9-11(10-13)14-5-4-7-16-8-6-14/h11H,4-10,13H2,1-3H3. The summed E-state index contributed by atoms with van der Waals surface area (Å²) in [6, 6.07) is 0.400. The molecule has 2 N–H and O–H groups in total. The zero-order valence-electron chi connectivity index (χ0n) is 10.9. The Morgan fingerprint density at radius 3 is 2.75 bits per heavy atom. The lowest BCUT2D eigenvalue weighted by molar-refractivity contribution is -0.00787. The Kier molecular flexibility index (Phi) is 5.69. The first-order valence-corrected chi connectivity index (χ1v) is 6.16. The van der Waals surface area contributed by atoms with E-state index in [9.17, 15) is 0 Å². The zero-order chi connectivity index (χ0) is 12.0. The molecule has 0 spiro atoms. The summed E-state index contributed by atoms with van der Waals surface area (Å²) < 4.78 is 10.9. The predicted molar refractivity (Wildman–Crippen MR) is 65.6 cm³/mol. The van der Waals surface area contributed by atoms with Crippen LogP contribution in [-0.4, -0.2) is 56.5 Å². The van der Waals surface area contributed by atoms with E-state index in [2.05, 4.69) is 18.7 Å². The SMILES string of the molecule is COC(C)(C)CC(CN)N1CCCOCC1. The molecular weight excluding hydrogens is 204 g/mol. The maximum atomic E-state index is 5.88. The summed E-state index contributed by atoms with van der Waals surface area (Å²) in [6.45, 7) is 8.69. The fraction of sp³-hybridized carbons (Fsp3) is 1.00. The molecule has 0 aromatic heterocycles. The fourth-order valence-electron chi connectivity index (χ4n) is 2.14. The number of nitrogens with zero attached hydrogens (tertiary/aromatic N) is 1. The smallest absolute Gasteiger partial charge is 0.0638 e. The van der Waals surface area contributed by atoms with Gasteiger partial charge in [0, 0.05) is 39.4 Å². The molecule has 1 atom stereocenters. The van der Waals surface area contributed by atoms with E-state index in [0.717, 1.165) is 39.1 Å². The molecule has 16 heavy (non-hydrogen) atoms. The molecular formula is C12H26N2O2. The van der Waals surface area contributed by atoms with Gasteiger partial charge in [-0.3, -0.25) is 4.90 Å². The van der Waals surface area contributed by atoms with Crippen molar-refractivity contribution in [1.82, 2.24) is 4.90 Å². The lowest BCUT2D eigenvalue weighted by Crippen LogP contribution is -2.46. The molecule has 1 heterocycles. The van der Waals surface area contributed by atoms with Crippen LogP contribution >= 0.6 is 0 Å². The van der Waals surface area contributed by atoms with Crippen LogP contribution in [0.1, 0.15) is 26.7 Å². The van der Waals surface area contributed by atoms with Gasteiger partial charge in [0.1, 0.15) is 0 Å². The number of hydrogen-bond acceptors (Lipinski definition) is 4. The number of ether oxygens (including phenoxy) is 2. The van der Waals surface area contributed by atoms with Crippen LogP contribution in [0.15, 0.2) is 0 Å². The molecule has 0 aromatic rings. The van der Waals surface area contributed by atoms with Crippen molar-refractivity contribution >= 4 is 0 Å². The van der Waals surface area contributed by atoms with Gasteiger partial charge in [0.25, 0.3) is 0 Å². The van der Waals surface area contributed by atoms with Crippen LogP contribution in [0.25, 0.3) is 0 Å². The summed E-state index contributed by atoms with van der Waals surface area (Å²) in [4.78, 5) is 2.44. The van der Waals surface area contributed by atoms with Gasteiger partial charge in [-0.05, 0) is 26.7 Å². The molecule has 1 rings (SSSR count). The van der Waals surface area contributed by atoms with Gasteiger partial charge in [-0.25, -0.2) is 0 Å². The second-order valence-corrected chi connectivity index (χ2v) is 5.06. The van der Waals surface area contributed by atoms with E-state index in [1.807, 2.05) is 0 Å². The summed E-state index contributed by atoms with van der Waals surface area (Å²) in [6.07, 6.45) is 2.07. The highest BCUT2D eigenvalue weighted by atomic mass is 16.5. The average molecular weight is 230 g/mol. The van der Waals surface area contributed by atoms with Gasteiger partial charge in [0.05, 0.1) is 12.2 Å². The van der Waals surface area contributed by atoms with Gasteiger partial charge < -0.3 is 15.2 Å². The molecule has 0 radical (unpaired) electrons. The maximum absolute atomic E-state index is 5.88. The minimum Gasteiger partial charge on any atom is -0.380 e. The van der Waals surface area contributed by atoms with Crippen LogP contribution in [0.5, 0.6) is 0 Å². The number of methoxy groups -OCH3 is 1. The van der Waals surface area contributed by atoms with Crippen LogP contribution in [0.4, 0.5) is 0 Å². The summed E-state index contributed by atoms with van der Waals surface area (Å²) >= 11 is 0. The van der Waals surface area contributed by atoms with E-state index < -0.39 is 0 Å². The van der Waals surface area contributed by atoms with Crippen molar-refractivity contribution < 1.29 is 9.47 Å². The molecule has 0 aromatic carbocycles. The van der Waals surface area contributed by atoms with Gasteiger partial charge in [0.2, 0.25) is 0 Å². The Balaban J connectivity index is 2.51.